The molecule has 3 aromatic rings. The van der Waals surface area contributed by atoms with Crippen LogP contribution in [0, 0.1) is 0 Å². The highest BCUT2D eigenvalue weighted by molar-refractivity contribution is 5.32. The molecule has 0 amide bonds. The van der Waals surface area contributed by atoms with E-state index in [1.54, 1.807) is 6.20 Å². The van der Waals surface area contributed by atoms with Crippen molar-refractivity contribution in [2.45, 2.75) is 31.8 Å². The first kappa shape index (κ1) is 14.1. The number of nitrogens with zero attached hydrogens (tertiary/aromatic N) is 4. The number of nitrogens with one attached hydrogen (secondary N) is 1. The molecule has 5 heteroatoms. The Morgan fingerprint density at radius 3 is 2.96 bits per heavy atom. The number of hydrogen-bond donors (Lipinski definition) is 1. The molecule has 0 fully saturated rings. The Kier molecular flexibility index (Phi) is 3.86. The number of hydrogen-bond acceptors (Lipinski definition) is 4. The molecule has 4 rings (SSSR count). The largest absolute Gasteiger partial charge is 0.306 e. The molecule has 1 aliphatic carbocycles. The SMILES string of the molecule is c1ccc(-n2ncc3c2CCC[C@H]3NCc2cccnc2)nc1. The first-order chi connectivity index (χ1) is 11.4. The van der Waals surface area contributed by atoms with Gasteiger partial charge in [0.1, 0.15) is 0 Å². The van der Waals surface area contributed by atoms with Crippen LogP contribution >= 0.6 is 0 Å². The summed E-state index contributed by atoms with van der Waals surface area (Å²) in [6, 6.07) is 10.3. The molecule has 1 atom stereocenters. The van der Waals surface area contributed by atoms with Gasteiger partial charge in [0.05, 0.1) is 11.9 Å². The van der Waals surface area contributed by atoms with Gasteiger partial charge in [-0.25, -0.2) is 9.67 Å². The maximum atomic E-state index is 4.58. The molecule has 0 radical (unpaired) electrons. The third-order valence-corrected chi connectivity index (χ3v) is 4.32. The number of pyridine rings is 2. The molecule has 0 aliphatic heterocycles. The molecule has 3 aromatic heterocycles. The van der Waals surface area contributed by atoms with E-state index < -0.39 is 0 Å². The van der Waals surface area contributed by atoms with Crippen LogP contribution in [0.1, 0.15) is 35.7 Å². The molecule has 5 nitrogen and oxygen atoms in total. The predicted octanol–water partition coefficient (Wildman–Crippen LogP) is 2.83. The quantitative estimate of drug-likeness (QED) is 0.805. The van der Waals surface area contributed by atoms with Crippen LogP contribution in [0.5, 0.6) is 0 Å². The molecular formula is C18H19N5. The summed E-state index contributed by atoms with van der Waals surface area (Å²) < 4.78 is 1.98. The Hall–Kier alpha value is -2.53. The van der Waals surface area contributed by atoms with Crippen molar-refractivity contribution >= 4 is 0 Å². The van der Waals surface area contributed by atoms with Gasteiger partial charge in [-0.1, -0.05) is 12.1 Å². The third-order valence-electron chi connectivity index (χ3n) is 4.32. The van der Waals surface area contributed by atoms with Crippen molar-refractivity contribution in [3.05, 3.63) is 71.9 Å². The second-order valence-electron chi connectivity index (χ2n) is 5.83. The molecule has 0 saturated carbocycles. The topological polar surface area (TPSA) is 55.6 Å². The van der Waals surface area contributed by atoms with Crippen molar-refractivity contribution in [3.8, 4) is 5.82 Å². The van der Waals surface area contributed by atoms with Gasteiger partial charge >= 0.3 is 0 Å². The lowest BCUT2D eigenvalue weighted by Gasteiger charge is -2.24. The predicted molar refractivity (Wildman–Crippen MR) is 88.1 cm³/mol. The minimum absolute atomic E-state index is 0.344. The van der Waals surface area contributed by atoms with Crippen LogP contribution in [-0.2, 0) is 13.0 Å². The van der Waals surface area contributed by atoms with Gasteiger partial charge in [0, 0.05) is 36.7 Å². The van der Waals surface area contributed by atoms with Crippen LogP contribution in [0.4, 0.5) is 0 Å². The zero-order valence-electron chi connectivity index (χ0n) is 12.9. The summed E-state index contributed by atoms with van der Waals surface area (Å²) in [5.41, 5.74) is 3.78. The van der Waals surface area contributed by atoms with Crippen molar-refractivity contribution in [2.24, 2.45) is 0 Å². The standard InChI is InChI=1S/C18H19N5/c1-2-10-20-18(8-1)23-17-7-3-6-16(15(17)13-22-23)21-12-14-5-4-9-19-11-14/h1-2,4-5,8-11,13,16,21H,3,6-7,12H2/t16-/m1/s1. The summed E-state index contributed by atoms with van der Waals surface area (Å²) in [5.74, 6) is 0.890. The molecular weight excluding hydrogens is 286 g/mol. The maximum absolute atomic E-state index is 4.58. The minimum Gasteiger partial charge on any atom is -0.306 e. The van der Waals surface area contributed by atoms with E-state index in [4.69, 9.17) is 0 Å². The molecule has 1 aliphatic rings. The summed E-state index contributed by atoms with van der Waals surface area (Å²) in [6.07, 6.45) is 10.9. The summed E-state index contributed by atoms with van der Waals surface area (Å²) in [6.45, 7) is 0.826. The maximum Gasteiger partial charge on any atom is 0.153 e. The highest BCUT2D eigenvalue weighted by Gasteiger charge is 2.24. The van der Waals surface area contributed by atoms with Gasteiger partial charge in [-0.3, -0.25) is 4.98 Å². The summed E-state index contributed by atoms with van der Waals surface area (Å²) in [5, 5.41) is 8.22. The average molecular weight is 305 g/mol. The molecule has 3 heterocycles. The summed E-state index contributed by atoms with van der Waals surface area (Å²) >= 11 is 0. The number of fused-ring (bicyclic) bond motifs is 1. The number of rotatable bonds is 4. The van der Waals surface area contributed by atoms with Crippen LogP contribution in [0.2, 0.25) is 0 Å². The van der Waals surface area contributed by atoms with E-state index in [9.17, 15) is 0 Å². The van der Waals surface area contributed by atoms with Crippen LogP contribution in [0.15, 0.2) is 55.1 Å². The zero-order valence-corrected chi connectivity index (χ0v) is 12.9. The van der Waals surface area contributed by atoms with Crippen LogP contribution < -0.4 is 5.32 Å². The lowest BCUT2D eigenvalue weighted by Crippen LogP contribution is -2.25. The summed E-state index contributed by atoms with van der Waals surface area (Å²) in [7, 11) is 0. The van der Waals surface area contributed by atoms with Crippen molar-refractivity contribution < 1.29 is 0 Å². The molecule has 0 unspecified atom stereocenters. The zero-order chi connectivity index (χ0) is 15.5. The van der Waals surface area contributed by atoms with E-state index in [0.717, 1.165) is 31.6 Å². The highest BCUT2D eigenvalue weighted by Crippen LogP contribution is 2.30. The normalized spacial score (nSPS) is 17.0. The van der Waals surface area contributed by atoms with Crippen LogP contribution in [0.25, 0.3) is 5.82 Å². The molecule has 23 heavy (non-hydrogen) atoms. The lowest BCUT2D eigenvalue weighted by atomic mass is 9.93. The van der Waals surface area contributed by atoms with Crippen molar-refractivity contribution in [1.29, 1.82) is 0 Å². The minimum atomic E-state index is 0.344. The molecule has 0 aromatic carbocycles. The van der Waals surface area contributed by atoms with Crippen LogP contribution in [-0.4, -0.2) is 19.7 Å². The average Bonchev–Trinajstić information content (AvgIpc) is 3.06. The summed E-state index contributed by atoms with van der Waals surface area (Å²) in [4.78, 5) is 8.59. The Morgan fingerprint density at radius 1 is 1.13 bits per heavy atom. The van der Waals surface area contributed by atoms with E-state index in [0.29, 0.717) is 6.04 Å². The van der Waals surface area contributed by atoms with Gasteiger partial charge in [-0.05, 0) is 43.0 Å². The molecule has 1 N–H and O–H groups in total. The van der Waals surface area contributed by atoms with Gasteiger partial charge in [0.25, 0.3) is 0 Å². The van der Waals surface area contributed by atoms with E-state index in [1.165, 1.54) is 16.8 Å². The van der Waals surface area contributed by atoms with Crippen molar-refractivity contribution in [1.82, 2.24) is 25.1 Å². The molecule has 0 bridgehead atoms. The Morgan fingerprint density at radius 2 is 2.13 bits per heavy atom. The van der Waals surface area contributed by atoms with E-state index in [-0.39, 0.29) is 0 Å². The molecule has 0 saturated heterocycles. The van der Waals surface area contributed by atoms with Gasteiger partial charge in [0.15, 0.2) is 5.82 Å². The van der Waals surface area contributed by atoms with Crippen molar-refractivity contribution in [3.63, 3.8) is 0 Å². The first-order valence-corrected chi connectivity index (χ1v) is 8.02. The molecule has 0 spiro atoms. The van der Waals surface area contributed by atoms with Crippen LogP contribution in [0.3, 0.4) is 0 Å². The fourth-order valence-corrected chi connectivity index (χ4v) is 3.19. The first-order valence-electron chi connectivity index (χ1n) is 8.02. The van der Waals surface area contributed by atoms with E-state index in [1.807, 2.05) is 47.5 Å². The number of aromatic nitrogens is 4. The van der Waals surface area contributed by atoms with Gasteiger partial charge in [0.2, 0.25) is 0 Å². The second-order valence-corrected chi connectivity index (χ2v) is 5.83. The van der Waals surface area contributed by atoms with Gasteiger partial charge in [-0.2, -0.15) is 5.10 Å². The third kappa shape index (κ3) is 2.87. The lowest BCUT2D eigenvalue weighted by molar-refractivity contribution is 0.454. The van der Waals surface area contributed by atoms with Gasteiger partial charge < -0.3 is 5.32 Å². The van der Waals surface area contributed by atoms with Crippen molar-refractivity contribution in [2.75, 3.05) is 0 Å². The fourth-order valence-electron chi connectivity index (χ4n) is 3.19. The Labute approximate surface area is 135 Å². The van der Waals surface area contributed by atoms with Gasteiger partial charge in [-0.15, -0.1) is 0 Å². The molecule has 116 valence electrons. The second kappa shape index (κ2) is 6.30. The highest BCUT2D eigenvalue weighted by atomic mass is 15.3. The van der Waals surface area contributed by atoms with E-state index in [2.05, 4.69) is 26.4 Å². The fraction of sp³-hybridized carbons (Fsp3) is 0.278. The Balaban J connectivity index is 1.56. The smallest absolute Gasteiger partial charge is 0.153 e. The Bertz CT molecular complexity index is 767. The van der Waals surface area contributed by atoms with E-state index >= 15 is 0 Å². The monoisotopic (exact) mass is 305 g/mol.